The van der Waals surface area contributed by atoms with Crippen LogP contribution < -0.4 is 16.4 Å². The molecule has 0 saturated heterocycles. The van der Waals surface area contributed by atoms with Crippen LogP contribution in [-0.2, 0) is 11.3 Å². The van der Waals surface area contributed by atoms with Crippen LogP contribution in [0.15, 0.2) is 36.7 Å². The summed E-state index contributed by atoms with van der Waals surface area (Å²) in [4.78, 5) is 21.3. The van der Waals surface area contributed by atoms with Gasteiger partial charge in [0.25, 0.3) is 0 Å². The minimum atomic E-state index is -0.406. The van der Waals surface area contributed by atoms with Gasteiger partial charge in [-0.3, -0.25) is 4.79 Å². The summed E-state index contributed by atoms with van der Waals surface area (Å²) in [5.74, 6) is 0.268. The predicted molar refractivity (Wildman–Crippen MR) is 77.9 cm³/mol. The Morgan fingerprint density at radius 3 is 2.55 bits per heavy atom. The van der Waals surface area contributed by atoms with Gasteiger partial charge in [-0.25, -0.2) is 9.97 Å². The molecule has 1 heterocycles. The van der Waals surface area contributed by atoms with Crippen molar-refractivity contribution in [3.63, 3.8) is 0 Å². The Labute approximate surface area is 117 Å². The van der Waals surface area contributed by atoms with Crippen LogP contribution in [0, 0.1) is 6.92 Å². The van der Waals surface area contributed by atoms with E-state index in [1.807, 2.05) is 42.2 Å². The fourth-order valence-electron chi connectivity index (χ4n) is 1.86. The smallest absolute Gasteiger partial charge is 0.237 e. The molecule has 0 spiro atoms. The third-order valence-corrected chi connectivity index (χ3v) is 2.81. The summed E-state index contributed by atoms with van der Waals surface area (Å²) in [7, 11) is 0. The number of rotatable bonds is 5. The molecule has 104 valence electrons. The highest BCUT2D eigenvalue weighted by atomic mass is 16.1. The van der Waals surface area contributed by atoms with Gasteiger partial charge in [-0.2, -0.15) is 0 Å². The average Bonchev–Trinajstić information content (AvgIpc) is 2.40. The molecule has 20 heavy (non-hydrogen) atoms. The van der Waals surface area contributed by atoms with E-state index in [9.17, 15) is 4.79 Å². The number of primary amides is 1. The highest BCUT2D eigenvalue weighted by Gasteiger charge is 2.12. The first-order chi connectivity index (χ1) is 9.54. The second kappa shape index (κ2) is 6.01. The minimum Gasteiger partial charge on any atom is -0.399 e. The molecule has 0 aliphatic carbocycles. The highest BCUT2D eigenvalue weighted by molar-refractivity contribution is 5.79. The van der Waals surface area contributed by atoms with Gasteiger partial charge in [0.1, 0.15) is 12.1 Å². The molecule has 0 radical (unpaired) electrons. The molecule has 0 atom stereocenters. The summed E-state index contributed by atoms with van der Waals surface area (Å²) in [6, 6.07) is 9.29. The molecular weight excluding hydrogens is 254 g/mol. The zero-order valence-electron chi connectivity index (χ0n) is 11.3. The number of carbonyl (C=O) groups is 1. The van der Waals surface area contributed by atoms with Gasteiger partial charge in [-0.15, -0.1) is 0 Å². The largest absolute Gasteiger partial charge is 0.399 e. The summed E-state index contributed by atoms with van der Waals surface area (Å²) in [6.07, 6.45) is 1.47. The molecule has 2 aromatic rings. The van der Waals surface area contributed by atoms with E-state index >= 15 is 0 Å². The number of benzene rings is 1. The Kier molecular flexibility index (Phi) is 4.14. The molecular formula is C14H17N5O. The van der Waals surface area contributed by atoms with Crippen molar-refractivity contribution in [2.75, 3.05) is 17.2 Å². The zero-order chi connectivity index (χ0) is 14.5. The molecule has 0 unspecified atom stereocenters. The van der Waals surface area contributed by atoms with E-state index in [2.05, 4.69) is 9.97 Å². The van der Waals surface area contributed by atoms with Crippen molar-refractivity contribution in [3.8, 4) is 0 Å². The van der Waals surface area contributed by atoms with Gasteiger partial charge in [0.2, 0.25) is 5.91 Å². The van der Waals surface area contributed by atoms with Crippen molar-refractivity contribution < 1.29 is 4.79 Å². The molecule has 0 saturated carbocycles. The zero-order valence-corrected chi connectivity index (χ0v) is 11.3. The lowest BCUT2D eigenvalue weighted by molar-refractivity contribution is -0.116. The topological polar surface area (TPSA) is 98.1 Å². The van der Waals surface area contributed by atoms with Crippen molar-refractivity contribution in [3.05, 3.63) is 47.9 Å². The van der Waals surface area contributed by atoms with Crippen molar-refractivity contribution in [1.82, 2.24) is 9.97 Å². The summed E-state index contributed by atoms with van der Waals surface area (Å²) in [6.45, 7) is 2.50. The van der Waals surface area contributed by atoms with Gasteiger partial charge in [-0.05, 0) is 24.6 Å². The van der Waals surface area contributed by atoms with Crippen LogP contribution in [0.5, 0.6) is 0 Å². The Hall–Kier alpha value is -2.63. The van der Waals surface area contributed by atoms with Crippen molar-refractivity contribution >= 4 is 17.4 Å². The van der Waals surface area contributed by atoms with Crippen LogP contribution in [-0.4, -0.2) is 22.4 Å². The lowest BCUT2D eigenvalue weighted by Gasteiger charge is -2.22. The number of nitrogens with two attached hydrogens (primary N) is 2. The van der Waals surface area contributed by atoms with E-state index < -0.39 is 5.91 Å². The number of anilines is 2. The van der Waals surface area contributed by atoms with E-state index in [-0.39, 0.29) is 6.54 Å². The molecule has 0 fully saturated rings. The number of aryl methyl sites for hydroxylation is 1. The summed E-state index contributed by atoms with van der Waals surface area (Å²) in [5, 5.41) is 0. The first-order valence-corrected chi connectivity index (χ1v) is 6.21. The molecule has 6 heteroatoms. The standard InChI is InChI=1S/C14H17N5O/c1-10-6-14(18-9-17-10)19(8-13(16)20)7-11-2-4-12(15)5-3-11/h2-6,9H,7-8,15H2,1H3,(H2,16,20). The van der Waals surface area contributed by atoms with Crippen LogP contribution in [0.2, 0.25) is 0 Å². The Morgan fingerprint density at radius 1 is 1.25 bits per heavy atom. The molecule has 1 aromatic heterocycles. The lowest BCUT2D eigenvalue weighted by atomic mass is 10.2. The molecule has 1 amide bonds. The fraction of sp³-hybridized carbons (Fsp3) is 0.214. The van der Waals surface area contributed by atoms with E-state index in [1.54, 1.807) is 0 Å². The second-order valence-electron chi connectivity index (χ2n) is 4.58. The monoisotopic (exact) mass is 271 g/mol. The highest BCUT2D eigenvalue weighted by Crippen LogP contribution is 2.15. The number of hydrogen-bond acceptors (Lipinski definition) is 5. The molecule has 6 nitrogen and oxygen atoms in total. The van der Waals surface area contributed by atoms with E-state index in [0.29, 0.717) is 18.1 Å². The molecule has 1 aromatic carbocycles. The van der Waals surface area contributed by atoms with E-state index in [1.165, 1.54) is 6.33 Å². The SMILES string of the molecule is Cc1cc(N(CC(N)=O)Cc2ccc(N)cc2)ncn1. The molecule has 0 aliphatic rings. The Bertz CT molecular complexity index is 597. The first kappa shape index (κ1) is 13.8. The fourth-order valence-corrected chi connectivity index (χ4v) is 1.86. The third kappa shape index (κ3) is 3.68. The number of hydrogen-bond donors (Lipinski definition) is 2. The summed E-state index contributed by atoms with van der Waals surface area (Å²) in [5.41, 5.74) is 13.5. The maximum absolute atomic E-state index is 11.2. The quantitative estimate of drug-likeness (QED) is 0.786. The van der Waals surface area contributed by atoms with Gasteiger partial charge >= 0.3 is 0 Å². The van der Waals surface area contributed by atoms with Crippen LogP contribution >= 0.6 is 0 Å². The third-order valence-electron chi connectivity index (χ3n) is 2.81. The van der Waals surface area contributed by atoms with Crippen molar-refractivity contribution in [1.29, 1.82) is 0 Å². The first-order valence-electron chi connectivity index (χ1n) is 6.21. The number of nitrogen functional groups attached to an aromatic ring is 1. The number of aromatic nitrogens is 2. The number of carbonyl (C=O) groups excluding carboxylic acids is 1. The van der Waals surface area contributed by atoms with Crippen LogP contribution in [0.1, 0.15) is 11.3 Å². The number of nitrogens with zero attached hydrogens (tertiary/aromatic N) is 3. The normalized spacial score (nSPS) is 10.2. The van der Waals surface area contributed by atoms with Gasteiger partial charge in [0.15, 0.2) is 0 Å². The summed E-state index contributed by atoms with van der Waals surface area (Å²) < 4.78 is 0. The minimum absolute atomic E-state index is 0.0980. The number of amides is 1. The maximum Gasteiger partial charge on any atom is 0.237 e. The van der Waals surface area contributed by atoms with E-state index in [4.69, 9.17) is 11.5 Å². The average molecular weight is 271 g/mol. The lowest BCUT2D eigenvalue weighted by Crippen LogP contribution is -2.34. The van der Waals surface area contributed by atoms with Crippen LogP contribution in [0.3, 0.4) is 0 Å². The molecule has 4 N–H and O–H groups in total. The molecule has 2 rings (SSSR count). The van der Waals surface area contributed by atoms with Crippen molar-refractivity contribution in [2.45, 2.75) is 13.5 Å². The Morgan fingerprint density at radius 2 is 1.95 bits per heavy atom. The van der Waals surface area contributed by atoms with Crippen LogP contribution in [0.25, 0.3) is 0 Å². The second-order valence-corrected chi connectivity index (χ2v) is 4.58. The van der Waals surface area contributed by atoms with Crippen LogP contribution in [0.4, 0.5) is 11.5 Å². The predicted octanol–water partition coefficient (Wildman–Crippen LogP) is 0.859. The maximum atomic E-state index is 11.2. The Balaban J connectivity index is 2.23. The summed E-state index contributed by atoms with van der Waals surface area (Å²) >= 11 is 0. The van der Waals surface area contributed by atoms with Crippen molar-refractivity contribution in [2.24, 2.45) is 5.73 Å². The van der Waals surface area contributed by atoms with E-state index in [0.717, 1.165) is 11.3 Å². The molecule has 0 aliphatic heterocycles. The van der Waals surface area contributed by atoms with Gasteiger partial charge in [0.05, 0.1) is 6.54 Å². The van der Waals surface area contributed by atoms with Gasteiger partial charge in [0, 0.05) is 24.0 Å². The van der Waals surface area contributed by atoms with Gasteiger partial charge in [-0.1, -0.05) is 12.1 Å². The molecule has 0 bridgehead atoms. The van der Waals surface area contributed by atoms with Gasteiger partial charge < -0.3 is 16.4 Å².